The summed E-state index contributed by atoms with van der Waals surface area (Å²) in [7, 11) is 0. The second kappa shape index (κ2) is 5.22. The summed E-state index contributed by atoms with van der Waals surface area (Å²) in [4.78, 5) is 10.6. The third-order valence-corrected chi connectivity index (χ3v) is 1.35. The number of hydrogen-bond acceptors (Lipinski definition) is 5. The Hall–Kier alpha value is -0.460. The number of hydrogen-bond donors (Lipinski definition) is 1. The van der Waals surface area contributed by atoms with Crippen LogP contribution in [-0.4, -0.2) is 20.8 Å². The number of carbonyl (C=O) groups is 1. The molecule has 2 atom stereocenters. The van der Waals surface area contributed by atoms with Crippen molar-refractivity contribution in [3.05, 3.63) is 0 Å². The van der Waals surface area contributed by atoms with Crippen molar-refractivity contribution in [1.29, 1.82) is 0 Å². The molecule has 0 aliphatic rings. The molecule has 0 spiro atoms. The zero-order valence-electron chi connectivity index (χ0n) is 6.11. The first kappa shape index (κ1) is 10.5. The van der Waals surface area contributed by atoms with Gasteiger partial charge in [-0.25, -0.2) is 9.00 Å². The van der Waals surface area contributed by atoms with Gasteiger partial charge in [0.2, 0.25) is 0 Å². The molecule has 0 rings (SSSR count). The van der Waals surface area contributed by atoms with E-state index in [0.717, 1.165) is 0 Å². The molecule has 0 heterocycles. The standard InChI is InChI=1S/C5H11NO4S/c1-2-3-4(6)5(7)10-11(8)9/h4H,2-3,6H2,1H3,(H,8,9)/p-1/t4-/m0/s1. The molecule has 0 aliphatic carbocycles. The highest BCUT2D eigenvalue weighted by atomic mass is 32.2. The third kappa shape index (κ3) is 4.88. The Labute approximate surface area is 67.4 Å². The van der Waals surface area contributed by atoms with E-state index >= 15 is 0 Å². The summed E-state index contributed by atoms with van der Waals surface area (Å²) in [6, 6.07) is -0.835. The molecular weight excluding hydrogens is 170 g/mol. The van der Waals surface area contributed by atoms with Gasteiger partial charge < -0.3 is 14.5 Å². The van der Waals surface area contributed by atoms with Crippen LogP contribution in [-0.2, 0) is 20.3 Å². The van der Waals surface area contributed by atoms with Gasteiger partial charge in [-0.3, -0.25) is 0 Å². The topological polar surface area (TPSA) is 92.5 Å². The molecule has 0 aliphatic heterocycles. The third-order valence-electron chi connectivity index (χ3n) is 1.05. The molecule has 0 aromatic carbocycles. The maximum Gasteiger partial charge on any atom is 0.336 e. The molecule has 0 fully saturated rings. The quantitative estimate of drug-likeness (QED) is 0.586. The van der Waals surface area contributed by atoms with E-state index in [1.807, 2.05) is 6.92 Å². The zero-order chi connectivity index (χ0) is 8.85. The molecule has 11 heavy (non-hydrogen) atoms. The van der Waals surface area contributed by atoms with Crippen LogP contribution in [0.25, 0.3) is 0 Å². The lowest BCUT2D eigenvalue weighted by molar-refractivity contribution is -0.135. The van der Waals surface area contributed by atoms with Crippen LogP contribution in [0.1, 0.15) is 19.8 Å². The van der Waals surface area contributed by atoms with Crippen molar-refractivity contribution in [3.63, 3.8) is 0 Å². The Morgan fingerprint density at radius 3 is 2.73 bits per heavy atom. The van der Waals surface area contributed by atoms with Crippen LogP contribution in [0, 0.1) is 0 Å². The summed E-state index contributed by atoms with van der Waals surface area (Å²) in [6.45, 7) is 1.83. The highest BCUT2D eigenvalue weighted by molar-refractivity contribution is 7.74. The first-order valence-corrected chi connectivity index (χ1v) is 4.15. The largest absolute Gasteiger partial charge is 0.740 e. The van der Waals surface area contributed by atoms with E-state index in [9.17, 15) is 13.6 Å². The molecule has 1 unspecified atom stereocenters. The van der Waals surface area contributed by atoms with Gasteiger partial charge in [0.05, 0.1) is 0 Å². The van der Waals surface area contributed by atoms with Crippen LogP contribution in [0.5, 0.6) is 0 Å². The predicted molar refractivity (Wildman–Crippen MR) is 37.9 cm³/mol. The molecule has 0 saturated heterocycles. The summed E-state index contributed by atoms with van der Waals surface area (Å²) in [6.07, 6.45) is 1.14. The van der Waals surface area contributed by atoms with E-state index < -0.39 is 23.4 Å². The van der Waals surface area contributed by atoms with Crippen molar-refractivity contribution in [2.75, 3.05) is 0 Å². The fourth-order valence-corrected chi connectivity index (χ4v) is 0.815. The van der Waals surface area contributed by atoms with Gasteiger partial charge in [0.25, 0.3) is 0 Å². The van der Waals surface area contributed by atoms with Crippen molar-refractivity contribution in [3.8, 4) is 0 Å². The van der Waals surface area contributed by atoms with Crippen molar-refractivity contribution in [1.82, 2.24) is 0 Å². The number of carbonyl (C=O) groups excluding carboxylic acids is 1. The highest BCUT2D eigenvalue weighted by Crippen LogP contribution is 1.96. The molecular formula is C5H10NO4S-. The zero-order valence-corrected chi connectivity index (χ0v) is 6.93. The summed E-state index contributed by atoms with van der Waals surface area (Å²) < 4.78 is 23.5. The highest BCUT2D eigenvalue weighted by Gasteiger charge is 2.13. The Kier molecular flexibility index (Phi) is 5.01. The van der Waals surface area contributed by atoms with Gasteiger partial charge in [-0.2, -0.15) is 0 Å². The Morgan fingerprint density at radius 1 is 1.82 bits per heavy atom. The maximum atomic E-state index is 10.6. The van der Waals surface area contributed by atoms with Crippen molar-refractivity contribution < 1.29 is 17.7 Å². The molecule has 5 nitrogen and oxygen atoms in total. The molecule has 0 aromatic heterocycles. The van der Waals surface area contributed by atoms with Gasteiger partial charge in [0.1, 0.15) is 17.4 Å². The van der Waals surface area contributed by atoms with Gasteiger partial charge >= 0.3 is 5.97 Å². The summed E-state index contributed by atoms with van der Waals surface area (Å²) in [5.74, 6) is -0.903. The number of nitrogens with two attached hydrogens (primary N) is 1. The van der Waals surface area contributed by atoms with Gasteiger partial charge in [0.15, 0.2) is 0 Å². The van der Waals surface area contributed by atoms with Gasteiger partial charge in [0, 0.05) is 0 Å². The van der Waals surface area contributed by atoms with Crippen LogP contribution >= 0.6 is 0 Å². The fraction of sp³-hybridized carbons (Fsp3) is 0.800. The predicted octanol–water partition coefficient (Wildman–Crippen LogP) is -0.549. The molecule has 2 N–H and O–H groups in total. The molecule has 0 saturated carbocycles. The van der Waals surface area contributed by atoms with Crippen LogP contribution in [0.3, 0.4) is 0 Å². The van der Waals surface area contributed by atoms with Crippen molar-refractivity contribution >= 4 is 17.3 Å². The van der Waals surface area contributed by atoms with Gasteiger partial charge in [-0.1, -0.05) is 13.3 Å². The van der Waals surface area contributed by atoms with Gasteiger partial charge in [-0.05, 0) is 6.42 Å². The molecule has 0 radical (unpaired) electrons. The first-order chi connectivity index (χ1) is 5.07. The molecule has 0 bridgehead atoms. The molecule has 0 aromatic rings. The maximum absolute atomic E-state index is 10.6. The monoisotopic (exact) mass is 180 g/mol. The van der Waals surface area contributed by atoms with E-state index in [1.54, 1.807) is 0 Å². The van der Waals surface area contributed by atoms with E-state index in [1.165, 1.54) is 0 Å². The second-order valence-electron chi connectivity index (χ2n) is 2.00. The van der Waals surface area contributed by atoms with E-state index in [0.29, 0.717) is 12.8 Å². The minimum absolute atomic E-state index is 0.427. The molecule has 66 valence electrons. The minimum Gasteiger partial charge on any atom is -0.740 e. The first-order valence-electron chi connectivity index (χ1n) is 3.15. The van der Waals surface area contributed by atoms with E-state index in [2.05, 4.69) is 4.18 Å². The Balaban J connectivity index is 3.73. The van der Waals surface area contributed by atoms with Crippen LogP contribution in [0.15, 0.2) is 0 Å². The van der Waals surface area contributed by atoms with E-state index in [4.69, 9.17) is 5.73 Å². The van der Waals surface area contributed by atoms with E-state index in [-0.39, 0.29) is 0 Å². The molecule has 6 heteroatoms. The smallest absolute Gasteiger partial charge is 0.336 e. The van der Waals surface area contributed by atoms with Crippen molar-refractivity contribution in [2.24, 2.45) is 5.73 Å². The fourth-order valence-electron chi connectivity index (χ4n) is 0.558. The van der Waals surface area contributed by atoms with Crippen LogP contribution in [0.2, 0.25) is 0 Å². The van der Waals surface area contributed by atoms with Crippen LogP contribution in [0.4, 0.5) is 0 Å². The SMILES string of the molecule is CCC[C@H](N)C(=O)OS(=O)[O-]. The molecule has 0 amide bonds. The minimum atomic E-state index is -2.80. The summed E-state index contributed by atoms with van der Waals surface area (Å²) in [5.41, 5.74) is 5.23. The summed E-state index contributed by atoms with van der Waals surface area (Å²) >= 11 is -2.80. The van der Waals surface area contributed by atoms with Gasteiger partial charge in [-0.15, -0.1) is 0 Å². The lowest BCUT2D eigenvalue weighted by Gasteiger charge is -2.10. The lowest BCUT2D eigenvalue weighted by Crippen LogP contribution is -2.32. The average molecular weight is 180 g/mol. The lowest BCUT2D eigenvalue weighted by atomic mass is 10.2. The second-order valence-corrected chi connectivity index (χ2v) is 2.58. The number of rotatable bonds is 4. The summed E-state index contributed by atoms with van der Waals surface area (Å²) in [5, 5.41) is 0. The normalized spacial score (nSPS) is 15.5. The Morgan fingerprint density at radius 2 is 2.36 bits per heavy atom. The average Bonchev–Trinajstić information content (AvgIpc) is 1.86. The Bertz CT molecular complexity index is 161. The van der Waals surface area contributed by atoms with Crippen LogP contribution < -0.4 is 5.73 Å². The van der Waals surface area contributed by atoms with Crippen molar-refractivity contribution in [2.45, 2.75) is 25.8 Å².